The Labute approximate surface area is 121 Å². The molecule has 0 radical (unpaired) electrons. The van der Waals surface area contributed by atoms with Gasteiger partial charge in [0.1, 0.15) is 0 Å². The quantitative estimate of drug-likeness (QED) is 0.774. The maximum Gasteiger partial charge on any atom is 0.303 e. The minimum Gasteiger partial charge on any atom is -0.481 e. The zero-order valence-electron chi connectivity index (χ0n) is 13.0. The van der Waals surface area contributed by atoms with Crippen molar-refractivity contribution < 1.29 is 14.7 Å². The normalized spacial score (nSPS) is 19.6. The first-order valence-corrected chi connectivity index (χ1v) is 7.63. The van der Waals surface area contributed by atoms with Gasteiger partial charge in [-0.15, -0.1) is 0 Å². The summed E-state index contributed by atoms with van der Waals surface area (Å²) in [6.07, 6.45) is 3.05. The van der Waals surface area contributed by atoms with Crippen molar-refractivity contribution >= 4 is 11.9 Å². The lowest BCUT2D eigenvalue weighted by molar-refractivity contribution is -0.137. The van der Waals surface area contributed by atoms with Crippen molar-refractivity contribution in [3.8, 4) is 0 Å². The lowest BCUT2D eigenvalue weighted by Gasteiger charge is -2.34. The van der Waals surface area contributed by atoms with Crippen LogP contribution in [-0.2, 0) is 9.59 Å². The van der Waals surface area contributed by atoms with E-state index in [-0.39, 0.29) is 18.4 Å². The topological polar surface area (TPSA) is 60.9 Å². The Morgan fingerprint density at radius 2 is 2.10 bits per heavy atom. The van der Waals surface area contributed by atoms with Crippen LogP contribution in [0.1, 0.15) is 46.5 Å². The van der Waals surface area contributed by atoms with Gasteiger partial charge in [-0.1, -0.05) is 6.92 Å². The molecular weight excluding hydrogens is 256 g/mol. The molecule has 0 aliphatic carbocycles. The number of amides is 1. The van der Waals surface area contributed by atoms with Crippen LogP contribution in [-0.4, -0.2) is 59.0 Å². The molecule has 0 spiro atoms. The molecule has 1 aliphatic rings. The van der Waals surface area contributed by atoms with Crippen molar-refractivity contribution in [1.29, 1.82) is 0 Å². The van der Waals surface area contributed by atoms with Gasteiger partial charge in [-0.25, -0.2) is 0 Å². The van der Waals surface area contributed by atoms with Crippen molar-refractivity contribution in [3.05, 3.63) is 0 Å². The minimum absolute atomic E-state index is 0.165. The van der Waals surface area contributed by atoms with Crippen molar-refractivity contribution in [3.63, 3.8) is 0 Å². The van der Waals surface area contributed by atoms with Gasteiger partial charge in [-0.2, -0.15) is 0 Å². The number of rotatable bonds is 7. The maximum atomic E-state index is 12.3. The van der Waals surface area contributed by atoms with Crippen molar-refractivity contribution in [2.45, 2.75) is 52.5 Å². The number of likely N-dealkylation sites (tertiary alicyclic amines) is 1. The summed E-state index contributed by atoms with van der Waals surface area (Å²) in [5.74, 6) is -0.00215. The number of carbonyl (C=O) groups excluding carboxylic acids is 1. The maximum absolute atomic E-state index is 12.3. The molecule has 0 aromatic carbocycles. The molecule has 20 heavy (non-hydrogen) atoms. The first-order chi connectivity index (χ1) is 9.40. The SMILES string of the molecule is CC1CCCN(C(=O)CN(CCCC(=O)O)C(C)C)C1. The highest BCUT2D eigenvalue weighted by atomic mass is 16.4. The second-order valence-electron chi connectivity index (χ2n) is 6.15. The molecule has 0 aromatic heterocycles. The fourth-order valence-electron chi connectivity index (χ4n) is 2.64. The third-order valence-electron chi connectivity index (χ3n) is 3.91. The lowest BCUT2D eigenvalue weighted by atomic mass is 10.0. The predicted molar refractivity (Wildman–Crippen MR) is 78.6 cm³/mol. The average Bonchev–Trinajstić information content (AvgIpc) is 2.36. The molecular formula is C15H28N2O3. The molecule has 1 amide bonds. The summed E-state index contributed by atoms with van der Waals surface area (Å²) in [5, 5.41) is 8.69. The van der Waals surface area contributed by atoms with E-state index in [9.17, 15) is 9.59 Å². The van der Waals surface area contributed by atoms with Crippen molar-refractivity contribution in [1.82, 2.24) is 9.80 Å². The Morgan fingerprint density at radius 3 is 2.65 bits per heavy atom. The summed E-state index contributed by atoms with van der Waals surface area (Å²) in [4.78, 5) is 26.9. The monoisotopic (exact) mass is 284 g/mol. The first-order valence-electron chi connectivity index (χ1n) is 7.63. The molecule has 0 saturated carbocycles. The molecule has 1 saturated heterocycles. The summed E-state index contributed by atoms with van der Waals surface area (Å²) in [5.41, 5.74) is 0. The third kappa shape index (κ3) is 5.90. The van der Waals surface area contributed by atoms with Crippen molar-refractivity contribution in [2.75, 3.05) is 26.2 Å². The molecule has 1 rings (SSSR count). The van der Waals surface area contributed by atoms with E-state index in [2.05, 4.69) is 11.8 Å². The molecule has 1 N–H and O–H groups in total. The summed E-state index contributed by atoms with van der Waals surface area (Å²) < 4.78 is 0. The van der Waals surface area contributed by atoms with Crippen LogP contribution in [0.3, 0.4) is 0 Å². The predicted octanol–water partition coefficient (Wildman–Crippen LogP) is 1.82. The minimum atomic E-state index is -0.773. The molecule has 0 aromatic rings. The Balaban J connectivity index is 2.43. The molecule has 116 valence electrons. The molecule has 1 aliphatic heterocycles. The van der Waals surface area contributed by atoms with Crippen LogP contribution in [0, 0.1) is 5.92 Å². The summed E-state index contributed by atoms with van der Waals surface area (Å²) in [6, 6.07) is 0.259. The fourth-order valence-corrected chi connectivity index (χ4v) is 2.64. The van der Waals surface area contributed by atoms with E-state index in [1.807, 2.05) is 18.7 Å². The van der Waals surface area contributed by atoms with Crippen LogP contribution >= 0.6 is 0 Å². The number of carboxylic acid groups (broad SMARTS) is 1. The fraction of sp³-hybridized carbons (Fsp3) is 0.867. The molecule has 1 atom stereocenters. The van der Waals surface area contributed by atoms with Gasteiger partial charge in [-0.3, -0.25) is 14.5 Å². The highest BCUT2D eigenvalue weighted by molar-refractivity contribution is 5.78. The Hall–Kier alpha value is -1.10. The number of hydrogen-bond acceptors (Lipinski definition) is 3. The van der Waals surface area contributed by atoms with Crippen LogP contribution < -0.4 is 0 Å². The largest absolute Gasteiger partial charge is 0.481 e. The van der Waals surface area contributed by atoms with Crippen molar-refractivity contribution in [2.24, 2.45) is 5.92 Å². The van der Waals surface area contributed by atoms with E-state index in [1.165, 1.54) is 6.42 Å². The Bertz CT molecular complexity index is 331. The number of hydrogen-bond donors (Lipinski definition) is 1. The standard InChI is InChI=1S/C15H28N2O3/c1-12(2)16(8-5-7-15(19)20)11-14(18)17-9-4-6-13(3)10-17/h12-13H,4-11H2,1-3H3,(H,19,20). The number of carboxylic acids is 1. The van der Waals surface area contributed by atoms with E-state index in [0.717, 1.165) is 19.5 Å². The number of nitrogens with zero attached hydrogens (tertiary/aromatic N) is 2. The second-order valence-corrected chi connectivity index (χ2v) is 6.15. The highest BCUT2D eigenvalue weighted by Crippen LogP contribution is 2.16. The van der Waals surface area contributed by atoms with Gasteiger partial charge in [0.15, 0.2) is 0 Å². The molecule has 0 bridgehead atoms. The molecule has 1 unspecified atom stereocenters. The molecule has 1 heterocycles. The zero-order valence-corrected chi connectivity index (χ0v) is 13.0. The Morgan fingerprint density at radius 1 is 1.40 bits per heavy atom. The van der Waals surface area contributed by atoms with Crippen LogP contribution in [0.15, 0.2) is 0 Å². The van der Waals surface area contributed by atoms with Gasteiger partial charge in [0, 0.05) is 25.6 Å². The van der Waals surface area contributed by atoms with E-state index in [4.69, 9.17) is 5.11 Å². The second kappa shape index (κ2) is 8.25. The van der Waals surface area contributed by atoms with Gasteiger partial charge in [0.05, 0.1) is 6.54 Å². The van der Waals surface area contributed by atoms with Gasteiger partial charge < -0.3 is 10.0 Å². The average molecular weight is 284 g/mol. The van der Waals surface area contributed by atoms with E-state index < -0.39 is 5.97 Å². The number of piperidine rings is 1. The Kier molecular flexibility index (Phi) is 6.99. The highest BCUT2D eigenvalue weighted by Gasteiger charge is 2.23. The van der Waals surface area contributed by atoms with E-state index in [0.29, 0.717) is 25.4 Å². The summed E-state index contributed by atoms with van der Waals surface area (Å²) in [6.45, 7) is 9.08. The van der Waals surface area contributed by atoms with Gasteiger partial charge in [0.2, 0.25) is 5.91 Å². The van der Waals surface area contributed by atoms with E-state index in [1.54, 1.807) is 0 Å². The van der Waals surface area contributed by atoms with E-state index >= 15 is 0 Å². The third-order valence-corrected chi connectivity index (χ3v) is 3.91. The van der Waals surface area contributed by atoms with Crippen LogP contribution in [0.2, 0.25) is 0 Å². The smallest absolute Gasteiger partial charge is 0.303 e. The molecule has 5 nitrogen and oxygen atoms in total. The van der Waals surface area contributed by atoms with Gasteiger partial charge in [0.25, 0.3) is 0 Å². The lowest BCUT2D eigenvalue weighted by Crippen LogP contribution is -2.46. The summed E-state index contributed by atoms with van der Waals surface area (Å²) in [7, 11) is 0. The first kappa shape index (κ1) is 17.0. The number of carbonyl (C=O) groups is 2. The van der Waals surface area contributed by atoms with Gasteiger partial charge >= 0.3 is 5.97 Å². The zero-order chi connectivity index (χ0) is 15.1. The summed E-state index contributed by atoms with van der Waals surface area (Å²) >= 11 is 0. The molecule has 5 heteroatoms. The van der Waals surface area contributed by atoms with Crippen LogP contribution in [0.4, 0.5) is 0 Å². The molecule has 1 fully saturated rings. The van der Waals surface area contributed by atoms with Crippen LogP contribution in [0.25, 0.3) is 0 Å². The number of aliphatic carboxylic acids is 1. The van der Waals surface area contributed by atoms with Crippen LogP contribution in [0.5, 0.6) is 0 Å². The van der Waals surface area contributed by atoms with Gasteiger partial charge in [-0.05, 0) is 45.6 Å².